The molecule has 1 fully saturated rings. The standard InChI is InChI=1S/C11H20N2O3/c1-7(2)9(12)10(14)13-5-3-8(4-6-13)11(15)16/h7-9H,3-6,12H2,1-2H3,(H,15,16)/t9-/m1/s1. The van der Waals surface area contributed by atoms with Crippen LogP contribution in [0.3, 0.4) is 0 Å². The summed E-state index contributed by atoms with van der Waals surface area (Å²) in [6, 6.07) is -0.471. The molecule has 1 rings (SSSR count). The van der Waals surface area contributed by atoms with Crippen molar-refractivity contribution in [3.8, 4) is 0 Å². The lowest BCUT2D eigenvalue weighted by Gasteiger charge is -2.32. The smallest absolute Gasteiger partial charge is 0.306 e. The Morgan fingerprint density at radius 2 is 1.81 bits per heavy atom. The molecule has 92 valence electrons. The van der Waals surface area contributed by atoms with Crippen LogP contribution in [0.15, 0.2) is 0 Å². The summed E-state index contributed by atoms with van der Waals surface area (Å²) < 4.78 is 0. The molecule has 0 aromatic rings. The average molecular weight is 228 g/mol. The fourth-order valence-corrected chi connectivity index (χ4v) is 1.84. The van der Waals surface area contributed by atoms with Gasteiger partial charge in [0.1, 0.15) is 0 Å². The van der Waals surface area contributed by atoms with Crippen LogP contribution < -0.4 is 5.73 Å². The Hall–Kier alpha value is -1.10. The first-order chi connectivity index (χ1) is 7.43. The normalized spacial score (nSPS) is 19.9. The number of carbonyl (C=O) groups excluding carboxylic acids is 1. The van der Waals surface area contributed by atoms with Gasteiger partial charge < -0.3 is 15.7 Å². The van der Waals surface area contributed by atoms with Crippen molar-refractivity contribution in [1.29, 1.82) is 0 Å². The number of carboxylic acid groups (broad SMARTS) is 1. The van der Waals surface area contributed by atoms with Crippen molar-refractivity contribution in [2.75, 3.05) is 13.1 Å². The maximum atomic E-state index is 11.9. The zero-order valence-electron chi connectivity index (χ0n) is 9.85. The van der Waals surface area contributed by atoms with E-state index in [-0.39, 0.29) is 17.7 Å². The predicted octanol–water partition coefficient (Wildman–Crippen LogP) is 0.293. The molecule has 1 aliphatic rings. The molecular formula is C11H20N2O3. The summed E-state index contributed by atoms with van der Waals surface area (Å²) in [6.45, 7) is 4.84. The molecule has 0 spiro atoms. The minimum Gasteiger partial charge on any atom is -0.481 e. The number of likely N-dealkylation sites (tertiary alicyclic amines) is 1. The lowest BCUT2D eigenvalue weighted by atomic mass is 9.95. The fourth-order valence-electron chi connectivity index (χ4n) is 1.84. The topological polar surface area (TPSA) is 83.6 Å². The molecule has 0 radical (unpaired) electrons. The molecular weight excluding hydrogens is 208 g/mol. The number of hydrogen-bond acceptors (Lipinski definition) is 3. The maximum absolute atomic E-state index is 11.9. The first kappa shape index (κ1) is 13.0. The van der Waals surface area contributed by atoms with E-state index in [2.05, 4.69) is 0 Å². The zero-order chi connectivity index (χ0) is 12.3. The van der Waals surface area contributed by atoms with Gasteiger partial charge in [0.2, 0.25) is 5.91 Å². The van der Waals surface area contributed by atoms with Crippen molar-refractivity contribution in [1.82, 2.24) is 4.90 Å². The van der Waals surface area contributed by atoms with Gasteiger partial charge in [-0.3, -0.25) is 9.59 Å². The van der Waals surface area contributed by atoms with Crippen molar-refractivity contribution in [2.45, 2.75) is 32.7 Å². The lowest BCUT2D eigenvalue weighted by Crippen LogP contribution is -2.49. The second kappa shape index (κ2) is 5.30. The number of carboxylic acids is 1. The average Bonchev–Trinajstić information content (AvgIpc) is 2.27. The molecule has 0 bridgehead atoms. The van der Waals surface area contributed by atoms with Gasteiger partial charge in [-0.15, -0.1) is 0 Å². The number of aliphatic carboxylic acids is 1. The molecule has 0 aromatic heterocycles. The molecule has 1 heterocycles. The minimum atomic E-state index is -0.764. The van der Waals surface area contributed by atoms with Crippen molar-refractivity contribution in [3.05, 3.63) is 0 Å². The van der Waals surface area contributed by atoms with E-state index < -0.39 is 12.0 Å². The molecule has 1 atom stereocenters. The molecule has 0 aliphatic carbocycles. The van der Waals surface area contributed by atoms with Gasteiger partial charge in [-0.25, -0.2) is 0 Å². The van der Waals surface area contributed by atoms with Crippen LogP contribution >= 0.6 is 0 Å². The van der Waals surface area contributed by atoms with Gasteiger partial charge in [0.25, 0.3) is 0 Å². The number of rotatable bonds is 3. The Bertz CT molecular complexity index is 270. The molecule has 0 aromatic carbocycles. The Morgan fingerprint density at radius 3 is 2.19 bits per heavy atom. The number of nitrogens with zero attached hydrogens (tertiary/aromatic N) is 1. The largest absolute Gasteiger partial charge is 0.481 e. The third-order valence-electron chi connectivity index (χ3n) is 3.16. The summed E-state index contributed by atoms with van der Waals surface area (Å²) in [5.41, 5.74) is 5.78. The number of piperidine rings is 1. The van der Waals surface area contributed by atoms with Gasteiger partial charge in [-0.05, 0) is 18.8 Å². The summed E-state index contributed by atoms with van der Waals surface area (Å²) >= 11 is 0. The van der Waals surface area contributed by atoms with E-state index in [1.54, 1.807) is 4.90 Å². The minimum absolute atomic E-state index is 0.0566. The Kier molecular flexibility index (Phi) is 4.29. The van der Waals surface area contributed by atoms with Crippen molar-refractivity contribution >= 4 is 11.9 Å². The highest BCUT2D eigenvalue weighted by Gasteiger charge is 2.30. The molecule has 5 nitrogen and oxygen atoms in total. The first-order valence-electron chi connectivity index (χ1n) is 5.70. The van der Waals surface area contributed by atoms with Crippen LogP contribution in [-0.2, 0) is 9.59 Å². The Labute approximate surface area is 95.6 Å². The molecule has 3 N–H and O–H groups in total. The van der Waals surface area contributed by atoms with Gasteiger partial charge in [0.05, 0.1) is 12.0 Å². The summed E-state index contributed by atoms with van der Waals surface area (Å²) in [6.07, 6.45) is 1.07. The van der Waals surface area contributed by atoms with Gasteiger partial charge in [0.15, 0.2) is 0 Å². The molecule has 5 heteroatoms. The molecule has 16 heavy (non-hydrogen) atoms. The first-order valence-corrected chi connectivity index (χ1v) is 5.70. The number of nitrogens with two attached hydrogens (primary N) is 1. The fraction of sp³-hybridized carbons (Fsp3) is 0.818. The van der Waals surface area contributed by atoms with Crippen LogP contribution in [0.1, 0.15) is 26.7 Å². The van der Waals surface area contributed by atoms with Gasteiger partial charge in [-0.2, -0.15) is 0 Å². The Balaban J connectivity index is 2.47. The maximum Gasteiger partial charge on any atom is 0.306 e. The highest BCUT2D eigenvalue weighted by molar-refractivity contribution is 5.82. The highest BCUT2D eigenvalue weighted by atomic mass is 16.4. The molecule has 0 unspecified atom stereocenters. The summed E-state index contributed by atoms with van der Waals surface area (Å²) in [4.78, 5) is 24.3. The van der Waals surface area contributed by atoms with E-state index in [0.717, 1.165) is 0 Å². The SMILES string of the molecule is CC(C)[C@@H](N)C(=O)N1CCC(C(=O)O)CC1. The van der Waals surface area contributed by atoms with E-state index >= 15 is 0 Å². The lowest BCUT2D eigenvalue weighted by molar-refractivity contribution is -0.146. The molecule has 1 saturated heterocycles. The highest BCUT2D eigenvalue weighted by Crippen LogP contribution is 2.18. The second-order valence-corrected chi connectivity index (χ2v) is 4.71. The molecule has 0 saturated carbocycles. The van der Waals surface area contributed by atoms with Crippen LogP contribution in [0, 0.1) is 11.8 Å². The van der Waals surface area contributed by atoms with Gasteiger partial charge in [-0.1, -0.05) is 13.8 Å². The van der Waals surface area contributed by atoms with Crippen molar-refractivity contribution in [3.63, 3.8) is 0 Å². The zero-order valence-corrected chi connectivity index (χ0v) is 9.85. The summed E-state index contributed by atoms with van der Waals surface area (Å²) in [7, 11) is 0. The summed E-state index contributed by atoms with van der Waals surface area (Å²) in [5.74, 6) is -1.01. The van der Waals surface area contributed by atoms with Crippen molar-refractivity contribution in [2.24, 2.45) is 17.6 Å². The molecule has 1 amide bonds. The van der Waals surface area contributed by atoms with E-state index in [1.807, 2.05) is 13.8 Å². The second-order valence-electron chi connectivity index (χ2n) is 4.71. The van der Waals surface area contributed by atoms with Gasteiger partial charge >= 0.3 is 5.97 Å². The van der Waals surface area contributed by atoms with Crippen molar-refractivity contribution < 1.29 is 14.7 Å². The number of amides is 1. The van der Waals surface area contributed by atoms with E-state index in [0.29, 0.717) is 25.9 Å². The van der Waals surface area contributed by atoms with E-state index in [4.69, 9.17) is 10.8 Å². The monoisotopic (exact) mass is 228 g/mol. The van der Waals surface area contributed by atoms with Crippen LogP contribution in [0.4, 0.5) is 0 Å². The van der Waals surface area contributed by atoms with Crippen LogP contribution in [0.5, 0.6) is 0 Å². The number of carbonyl (C=O) groups is 2. The predicted molar refractivity (Wildman–Crippen MR) is 59.8 cm³/mol. The number of hydrogen-bond donors (Lipinski definition) is 2. The van der Waals surface area contributed by atoms with Crippen LogP contribution in [0.25, 0.3) is 0 Å². The van der Waals surface area contributed by atoms with Crippen LogP contribution in [-0.4, -0.2) is 41.0 Å². The van der Waals surface area contributed by atoms with E-state index in [1.165, 1.54) is 0 Å². The summed E-state index contributed by atoms with van der Waals surface area (Å²) in [5, 5.41) is 8.83. The van der Waals surface area contributed by atoms with E-state index in [9.17, 15) is 9.59 Å². The third-order valence-corrected chi connectivity index (χ3v) is 3.16. The van der Waals surface area contributed by atoms with Crippen LogP contribution in [0.2, 0.25) is 0 Å². The molecule has 1 aliphatic heterocycles. The van der Waals surface area contributed by atoms with Gasteiger partial charge in [0, 0.05) is 13.1 Å². The third kappa shape index (κ3) is 2.95. The Morgan fingerprint density at radius 1 is 1.31 bits per heavy atom. The quantitative estimate of drug-likeness (QED) is 0.727.